The smallest absolute Gasteiger partial charge is 0.278 e. The molecule has 162 valence electrons. The van der Waals surface area contributed by atoms with Crippen LogP contribution in [0.1, 0.15) is 22.3 Å². The maximum atomic E-state index is 13.4. The Morgan fingerprint density at radius 2 is 1.58 bits per heavy atom. The van der Waals surface area contributed by atoms with E-state index in [0.717, 1.165) is 35.5 Å². The highest BCUT2D eigenvalue weighted by Gasteiger charge is 2.39. The lowest BCUT2D eigenvalue weighted by Crippen LogP contribution is -2.43. The summed E-state index contributed by atoms with van der Waals surface area (Å²) in [6, 6.07) is 13.7. The van der Waals surface area contributed by atoms with E-state index in [9.17, 15) is 9.59 Å². The number of carbonyl (C=O) groups excluding carboxylic acids is 2. The fraction of sp³-hybridized carbons (Fsp3) is 0.360. The Bertz CT molecular complexity index is 1020. The Labute approximate surface area is 183 Å². The van der Waals surface area contributed by atoms with Gasteiger partial charge < -0.3 is 10.1 Å². The van der Waals surface area contributed by atoms with Crippen molar-refractivity contribution in [1.82, 2.24) is 9.80 Å². The summed E-state index contributed by atoms with van der Waals surface area (Å²) in [6.07, 6.45) is 0. The van der Waals surface area contributed by atoms with E-state index in [0.29, 0.717) is 37.6 Å². The summed E-state index contributed by atoms with van der Waals surface area (Å²) in [5.41, 5.74) is 5.75. The molecule has 0 spiro atoms. The van der Waals surface area contributed by atoms with Gasteiger partial charge in [-0.3, -0.25) is 19.4 Å². The number of ether oxygens (including phenoxy) is 1. The molecule has 2 aromatic rings. The van der Waals surface area contributed by atoms with Gasteiger partial charge in [0.25, 0.3) is 11.8 Å². The van der Waals surface area contributed by atoms with E-state index in [1.807, 2.05) is 63.2 Å². The Morgan fingerprint density at radius 3 is 2.26 bits per heavy atom. The summed E-state index contributed by atoms with van der Waals surface area (Å²) < 4.78 is 5.39. The second-order valence-corrected chi connectivity index (χ2v) is 8.26. The molecule has 2 aromatic carbocycles. The van der Waals surface area contributed by atoms with E-state index < -0.39 is 0 Å². The molecule has 0 aliphatic carbocycles. The monoisotopic (exact) mass is 419 g/mol. The Balaban J connectivity index is 1.63. The van der Waals surface area contributed by atoms with Crippen molar-refractivity contribution in [2.24, 2.45) is 0 Å². The number of carbonyl (C=O) groups is 2. The fourth-order valence-electron chi connectivity index (χ4n) is 3.91. The second kappa shape index (κ2) is 9.04. The molecule has 0 atom stereocenters. The number of amides is 2. The third-order valence-corrected chi connectivity index (χ3v) is 6.03. The second-order valence-electron chi connectivity index (χ2n) is 8.26. The minimum Gasteiger partial charge on any atom is -0.379 e. The van der Waals surface area contributed by atoms with Crippen molar-refractivity contribution in [2.75, 3.05) is 44.7 Å². The molecule has 2 aliphatic rings. The van der Waals surface area contributed by atoms with Gasteiger partial charge >= 0.3 is 0 Å². The highest BCUT2D eigenvalue weighted by atomic mass is 16.5. The van der Waals surface area contributed by atoms with Crippen LogP contribution in [0.5, 0.6) is 0 Å². The van der Waals surface area contributed by atoms with Crippen LogP contribution < -0.4 is 5.32 Å². The van der Waals surface area contributed by atoms with E-state index in [4.69, 9.17) is 4.74 Å². The van der Waals surface area contributed by atoms with Gasteiger partial charge in [0.05, 0.1) is 18.8 Å². The first-order valence-electron chi connectivity index (χ1n) is 10.8. The predicted octanol–water partition coefficient (Wildman–Crippen LogP) is 3.14. The lowest BCUT2D eigenvalue weighted by Gasteiger charge is -2.28. The number of imide groups is 1. The van der Waals surface area contributed by atoms with Crippen LogP contribution in [0.15, 0.2) is 48.2 Å². The van der Waals surface area contributed by atoms with Crippen molar-refractivity contribution in [2.45, 2.75) is 20.8 Å². The number of hydrogen-bond acceptors (Lipinski definition) is 5. The third kappa shape index (κ3) is 4.55. The summed E-state index contributed by atoms with van der Waals surface area (Å²) in [5, 5.41) is 3.25. The van der Waals surface area contributed by atoms with E-state index >= 15 is 0 Å². The van der Waals surface area contributed by atoms with Crippen molar-refractivity contribution in [3.05, 3.63) is 70.4 Å². The molecule has 0 unspecified atom stereocenters. The van der Waals surface area contributed by atoms with Crippen molar-refractivity contribution >= 4 is 23.1 Å². The first-order valence-corrected chi connectivity index (χ1v) is 10.8. The molecule has 1 saturated heterocycles. The number of benzene rings is 2. The number of rotatable bonds is 6. The van der Waals surface area contributed by atoms with E-state index in [2.05, 4.69) is 10.2 Å². The molecule has 31 heavy (non-hydrogen) atoms. The maximum Gasteiger partial charge on any atom is 0.278 e. The Morgan fingerprint density at radius 1 is 0.871 bits per heavy atom. The Hall–Kier alpha value is -2.96. The largest absolute Gasteiger partial charge is 0.379 e. The topological polar surface area (TPSA) is 61.9 Å². The molecule has 0 saturated carbocycles. The quantitative estimate of drug-likeness (QED) is 0.729. The van der Waals surface area contributed by atoms with Crippen LogP contribution in [-0.4, -0.2) is 61.0 Å². The summed E-state index contributed by atoms with van der Waals surface area (Å²) in [6.45, 7) is 10.1. The predicted molar refractivity (Wildman–Crippen MR) is 122 cm³/mol. The first-order chi connectivity index (χ1) is 14.9. The van der Waals surface area contributed by atoms with Crippen molar-refractivity contribution in [3.63, 3.8) is 0 Å². The SMILES string of the molecule is Cc1ccc(C2=C(Nc3ccc(C)c(C)c3)C(=O)N(CCN3CCOCC3)C2=O)cc1. The summed E-state index contributed by atoms with van der Waals surface area (Å²) >= 11 is 0. The molecule has 2 aliphatic heterocycles. The lowest BCUT2D eigenvalue weighted by molar-refractivity contribution is -0.137. The standard InChI is InChI=1S/C25H29N3O3/c1-17-4-7-20(8-5-17)22-23(26-21-9-6-18(2)19(3)16-21)25(30)28(24(22)29)11-10-27-12-14-31-15-13-27/h4-9,16,26H,10-15H2,1-3H3. The summed E-state index contributed by atoms with van der Waals surface area (Å²) in [5.74, 6) is -0.513. The Kier molecular flexibility index (Phi) is 6.20. The highest BCUT2D eigenvalue weighted by molar-refractivity contribution is 6.36. The van der Waals surface area contributed by atoms with Gasteiger partial charge in [-0.25, -0.2) is 0 Å². The van der Waals surface area contributed by atoms with Crippen molar-refractivity contribution < 1.29 is 14.3 Å². The molecule has 0 aromatic heterocycles. The van der Waals surface area contributed by atoms with Crippen LogP contribution in [0.2, 0.25) is 0 Å². The zero-order valence-corrected chi connectivity index (χ0v) is 18.4. The van der Waals surface area contributed by atoms with Gasteiger partial charge in [-0.15, -0.1) is 0 Å². The van der Waals surface area contributed by atoms with Crippen molar-refractivity contribution in [3.8, 4) is 0 Å². The number of anilines is 1. The zero-order chi connectivity index (χ0) is 22.0. The van der Waals surface area contributed by atoms with Crippen LogP contribution >= 0.6 is 0 Å². The third-order valence-electron chi connectivity index (χ3n) is 6.03. The molecule has 2 amide bonds. The molecule has 6 nitrogen and oxygen atoms in total. The molecule has 4 rings (SSSR count). The minimum absolute atomic E-state index is 0.242. The number of nitrogens with one attached hydrogen (secondary N) is 1. The normalized spacial score (nSPS) is 17.6. The van der Waals surface area contributed by atoms with Crippen LogP contribution in [0.4, 0.5) is 5.69 Å². The summed E-state index contributed by atoms with van der Waals surface area (Å²) in [4.78, 5) is 30.3. The molecular weight excluding hydrogens is 390 g/mol. The first kappa shape index (κ1) is 21.3. The van der Waals surface area contributed by atoms with Crippen LogP contribution in [0.3, 0.4) is 0 Å². The molecule has 1 N–H and O–H groups in total. The van der Waals surface area contributed by atoms with Gasteiger partial charge in [0.2, 0.25) is 0 Å². The fourth-order valence-corrected chi connectivity index (χ4v) is 3.91. The molecule has 0 bridgehead atoms. The zero-order valence-electron chi connectivity index (χ0n) is 18.4. The van der Waals surface area contributed by atoms with Crippen LogP contribution in [-0.2, 0) is 14.3 Å². The van der Waals surface area contributed by atoms with Gasteiger partial charge in [-0.05, 0) is 49.6 Å². The molecule has 1 fully saturated rings. The molecule has 0 radical (unpaired) electrons. The lowest BCUT2D eigenvalue weighted by atomic mass is 10.0. The average Bonchev–Trinajstić information content (AvgIpc) is 3.00. The van der Waals surface area contributed by atoms with Gasteiger partial charge in [0.1, 0.15) is 5.70 Å². The van der Waals surface area contributed by atoms with E-state index in [1.54, 1.807) is 0 Å². The minimum atomic E-state index is -0.271. The maximum absolute atomic E-state index is 13.4. The number of nitrogens with zero attached hydrogens (tertiary/aromatic N) is 2. The number of morpholine rings is 1. The highest BCUT2D eigenvalue weighted by Crippen LogP contribution is 2.31. The van der Waals surface area contributed by atoms with Crippen LogP contribution in [0, 0.1) is 20.8 Å². The van der Waals surface area contributed by atoms with Gasteiger partial charge in [0.15, 0.2) is 0 Å². The summed E-state index contributed by atoms with van der Waals surface area (Å²) in [7, 11) is 0. The average molecular weight is 420 g/mol. The molecule has 2 heterocycles. The van der Waals surface area contributed by atoms with Crippen LogP contribution in [0.25, 0.3) is 5.57 Å². The van der Waals surface area contributed by atoms with E-state index in [-0.39, 0.29) is 11.8 Å². The van der Waals surface area contributed by atoms with Crippen molar-refractivity contribution in [1.29, 1.82) is 0 Å². The number of hydrogen-bond donors (Lipinski definition) is 1. The molecule has 6 heteroatoms. The number of aryl methyl sites for hydroxylation is 3. The van der Waals surface area contributed by atoms with Gasteiger partial charge in [-0.2, -0.15) is 0 Å². The van der Waals surface area contributed by atoms with Gasteiger partial charge in [-0.1, -0.05) is 35.9 Å². The van der Waals surface area contributed by atoms with Gasteiger partial charge in [0, 0.05) is 31.9 Å². The molecular formula is C25H29N3O3. The van der Waals surface area contributed by atoms with E-state index in [1.165, 1.54) is 10.5 Å².